The Bertz CT molecular complexity index is 230. The Labute approximate surface area is 67.0 Å². The van der Waals surface area contributed by atoms with E-state index in [4.69, 9.17) is 4.74 Å². The first-order valence-corrected chi connectivity index (χ1v) is 3.74. The van der Waals surface area contributed by atoms with Crippen LogP contribution in [0.4, 0.5) is 5.69 Å². The zero-order valence-corrected chi connectivity index (χ0v) is 7.22. The largest absolute Gasteiger partial charge is 0.479 e. The first-order chi connectivity index (χ1) is 5.27. The van der Waals surface area contributed by atoms with Gasteiger partial charge in [-0.05, 0) is 6.92 Å². The van der Waals surface area contributed by atoms with Gasteiger partial charge in [0.25, 0.3) is 0 Å². The van der Waals surface area contributed by atoms with E-state index in [0.717, 1.165) is 11.6 Å². The number of anilines is 1. The number of aromatic nitrogens is 1. The lowest BCUT2D eigenvalue weighted by Gasteiger charge is -2.01. The van der Waals surface area contributed by atoms with Crippen LogP contribution in [0, 0.1) is 0 Å². The highest BCUT2D eigenvalue weighted by molar-refractivity contribution is 5.45. The van der Waals surface area contributed by atoms with Crippen LogP contribution in [0.1, 0.15) is 6.92 Å². The maximum absolute atomic E-state index is 5.34. The topological polar surface area (TPSA) is 26.2 Å². The highest BCUT2D eigenvalue weighted by Crippen LogP contribution is 2.18. The van der Waals surface area contributed by atoms with Crippen molar-refractivity contribution in [3.63, 3.8) is 0 Å². The summed E-state index contributed by atoms with van der Waals surface area (Å²) < 4.78 is 7.30. The summed E-state index contributed by atoms with van der Waals surface area (Å²) in [7, 11) is 3.86. The van der Waals surface area contributed by atoms with Crippen molar-refractivity contribution < 1.29 is 4.74 Å². The molecule has 11 heavy (non-hydrogen) atoms. The Hall–Kier alpha value is -1.12. The number of hydrogen-bond acceptors (Lipinski definition) is 2. The van der Waals surface area contributed by atoms with Gasteiger partial charge in [0, 0.05) is 26.4 Å². The van der Waals surface area contributed by atoms with Gasteiger partial charge < -0.3 is 14.6 Å². The first kappa shape index (κ1) is 7.98. The van der Waals surface area contributed by atoms with E-state index in [2.05, 4.69) is 5.32 Å². The van der Waals surface area contributed by atoms with Crippen molar-refractivity contribution in [2.24, 2.45) is 7.05 Å². The number of nitrogens with zero attached hydrogens (tertiary/aromatic N) is 1. The molecule has 0 aromatic carbocycles. The number of rotatable bonds is 3. The molecule has 0 saturated heterocycles. The van der Waals surface area contributed by atoms with Crippen molar-refractivity contribution in [2.75, 3.05) is 19.0 Å². The van der Waals surface area contributed by atoms with Gasteiger partial charge in [0.05, 0.1) is 12.3 Å². The highest BCUT2D eigenvalue weighted by Gasteiger charge is 2.00. The predicted octanol–water partition coefficient (Wildman–Crippen LogP) is 1.47. The van der Waals surface area contributed by atoms with Crippen LogP contribution < -0.4 is 10.1 Å². The van der Waals surface area contributed by atoms with Gasteiger partial charge in [0.1, 0.15) is 0 Å². The fourth-order valence-electron chi connectivity index (χ4n) is 0.972. The summed E-state index contributed by atoms with van der Waals surface area (Å²) in [6, 6.07) is 1.98. The van der Waals surface area contributed by atoms with Crippen LogP contribution in [-0.2, 0) is 7.05 Å². The molecule has 0 fully saturated rings. The number of nitrogens with one attached hydrogen (secondary N) is 1. The molecule has 0 unspecified atom stereocenters. The third kappa shape index (κ3) is 1.67. The zero-order valence-electron chi connectivity index (χ0n) is 7.22. The fourth-order valence-corrected chi connectivity index (χ4v) is 0.972. The van der Waals surface area contributed by atoms with Crippen LogP contribution in [-0.4, -0.2) is 18.2 Å². The number of hydrogen-bond donors (Lipinski definition) is 1. The maximum Gasteiger partial charge on any atom is 0.195 e. The quantitative estimate of drug-likeness (QED) is 0.713. The van der Waals surface area contributed by atoms with E-state index in [1.165, 1.54) is 0 Å². The van der Waals surface area contributed by atoms with Gasteiger partial charge in [-0.2, -0.15) is 0 Å². The smallest absolute Gasteiger partial charge is 0.195 e. The van der Waals surface area contributed by atoms with E-state index < -0.39 is 0 Å². The van der Waals surface area contributed by atoms with Gasteiger partial charge in [0.2, 0.25) is 0 Å². The molecule has 1 N–H and O–H groups in total. The molecule has 0 saturated carbocycles. The third-order valence-corrected chi connectivity index (χ3v) is 1.54. The Morgan fingerprint density at radius 2 is 2.36 bits per heavy atom. The Morgan fingerprint density at radius 1 is 1.64 bits per heavy atom. The van der Waals surface area contributed by atoms with Crippen molar-refractivity contribution in [1.29, 1.82) is 0 Å². The fraction of sp³-hybridized carbons (Fsp3) is 0.500. The first-order valence-electron chi connectivity index (χ1n) is 3.74. The van der Waals surface area contributed by atoms with Gasteiger partial charge in [-0.1, -0.05) is 0 Å². The van der Waals surface area contributed by atoms with Crippen molar-refractivity contribution in [3.8, 4) is 5.88 Å². The number of ether oxygens (including phenoxy) is 1. The summed E-state index contributed by atoms with van der Waals surface area (Å²) in [6.07, 6.45) is 1.99. The summed E-state index contributed by atoms with van der Waals surface area (Å²) in [6.45, 7) is 2.69. The molecule has 1 aromatic rings. The zero-order chi connectivity index (χ0) is 8.27. The third-order valence-electron chi connectivity index (χ3n) is 1.54. The summed E-state index contributed by atoms with van der Waals surface area (Å²) in [5.74, 6) is 0.900. The minimum absolute atomic E-state index is 0.709. The van der Waals surface area contributed by atoms with Crippen LogP contribution >= 0.6 is 0 Å². The van der Waals surface area contributed by atoms with Gasteiger partial charge in [-0.3, -0.25) is 0 Å². The second kappa shape index (κ2) is 3.32. The molecule has 62 valence electrons. The van der Waals surface area contributed by atoms with Crippen molar-refractivity contribution in [2.45, 2.75) is 6.92 Å². The molecule has 0 spiro atoms. The monoisotopic (exact) mass is 154 g/mol. The minimum atomic E-state index is 0.709. The van der Waals surface area contributed by atoms with Crippen molar-refractivity contribution in [1.82, 2.24) is 4.57 Å². The molecule has 1 rings (SSSR count). The van der Waals surface area contributed by atoms with Crippen LogP contribution in [0.2, 0.25) is 0 Å². The molecule has 1 heterocycles. The number of aryl methyl sites for hydroxylation is 1. The van der Waals surface area contributed by atoms with E-state index in [9.17, 15) is 0 Å². The lowest BCUT2D eigenvalue weighted by atomic mass is 10.5. The standard InChI is InChI=1S/C8H14N2O/c1-4-11-8-5-7(9-2)6-10(8)3/h5-6,9H,4H2,1-3H3. The molecule has 0 amide bonds. The lowest BCUT2D eigenvalue weighted by molar-refractivity contribution is 0.315. The van der Waals surface area contributed by atoms with Gasteiger partial charge in [-0.15, -0.1) is 0 Å². The minimum Gasteiger partial charge on any atom is -0.479 e. The molecule has 0 aliphatic heterocycles. The lowest BCUT2D eigenvalue weighted by Crippen LogP contribution is -1.96. The molecule has 3 heteroatoms. The Morgan fingerprint density at radius 3 is 2.82 bits per heavy atom. The SMILES string of the molecule is CCOc1cc(NC)cn1C. The molecule has 0 bridgehead atoms. The van der Waals surface area contributed by atoms with Gasteiger partial charge >= 0.3 is 0 Å². The second-order valence-electron chi connectivity index (χ2n) is 2.36. The normalized spacial score (nSPS) is 9.73. The highest BCUT2D eigenvalue weighted by atomic mass is 16.5. The molecule has 1 aromatic heterocycles. The summed E-state index contributed by atoms with van der Waals surface area (Å²) in [5, 5.41) is 3.05. The van der Waals surface area contributed by atoms with Gasteiger partial charge in [0.15, 0.2) is 5.88 Å². The average Bonchev–Trinajstić information content (AvgIpc) is 2.33. The molecule has 0 aliphatic rings. The van der Waals surface area contributed by atoms with Crippen LogP contribution in [0.15, 0.2) is 12.3 Å². The van der Waals surface area contributed by atoms with Crippen molar-refractivity contribution in [3.05, 3.63) is 12.3 Å². The second-order valence-corrected chi connectivity index (χ2v) is 2.36. The van der Waals surface area contributed by atoms with E-state index in [1.54, 1.807) is 0 Å². The van der Waals surface area contributed by atoms with Crippen LogP contribution in [0.25, 0.3) is 0 Å². The predicted molar refractivity (Wildman–Crippen MR) is 46.1 cm³/mol. The van der Waals surface area contributed by atoms with E-state index >= 15 is 0 Å². The molecule has 3 nitrogen and oxygen atoms in total. The van der Waals surface area contributed by atoms with Crippen molar-refractivity contribution >= 4 is 5.69 Å². The summed E-state index contributed by atoms with van der Waals surface area (Å²) in [4.78, 5) is 0. The molecule has 0 atom stereocenters. The molecule has 0 aliphatic carbocycles. The molecular weight excluding hydrogens is 140 g/mol. The maximum atomic E-state index is 5.34. The summed E-state index contributed by atoms with van der Waals surface area (Å²) in [5.41, 5.74) is 1.08. The summed E-state index contributed by atoms with van der Waals surface area (Å²) >= 11 is 0. The average molecular weight is 154 g/mol. The Balaban J connectivity index is 2.79. The van der Waals surface area contributed by atoms with Crippen LogP contribution in [0.5, 0.6) is 5.88 Å². The van der Waals surface area contributed by atoms with Crippen LogP contribution in [0.3, 0.4) is 0 Å². The van der Waals surface area contributed by atoms with Gasteiger partial charge in [-0.25, -0.2) is 0 Å². The van der Waals surface area contributed by atoms with E-state index in [0.29, 0.717) is 6.61 Å². The molecule has 0 radical (unpaired) electrons. The van der Waals surface area contributed by atoms with E-state index in [1.807, 2.05) is 37.8 Å². The van der Waals surface area contributed by atoms with E-state index in [-0.39, 0.29) is 0 Å². The molecular formula is C8H14N2O. The Kier molecular flexibility index (Phi) is 2.41.